The van der Waals surface area contributed by atoms with E-state index in [0.717, 1.165) is 56.5 Å². The van der Waals surface area contributed by atoms with Crippen LogP contribution in [0, 0.1) is 0 Å². The van der Waals surface area contributed by atoms with Crippen LogP contribution in [0.4, 0.5) is 5.82 Å². The molecule has 1 aromatic carbocycles. The van der Waals surface area contributed by atoms with Crippen LogP contribution in [0.3, 0.4) is 0 Å². The van der Waals surface area contributed by atoms with Gasteiger partial charge in [-0.1, -0.05) is 13.0 Å². The molecule has 29 heavy (non-hydrogen) atoms. The first-order valence-corrected chi connectivity index (χ1v) is 10.2. The highest BCUT2D eigenvalue weighted by molar-refractivity contribution is 5.94. The van der Waals surface area contributed by atoms with Crippen molar-refractivity contribution in [3.63, 3.8) is 0 Å². The van der Waals surface area contributed by atoms with Crippen LogP contribution in [0.5, 0.6) is 11.5 Å². The number of hydrogen-bond acceptors (Lipinski definition) is 6. The van der Waals surface area contributed by atoms with Gasteiger partial charge >= 0.3 is 0 Å². The predicted molar refractivity (Wildman–Crippen MR) is 111 cm³/mol. The molecule has 0 radical (unpaired) electrons. The number of nitrogens with one attached hydrogen (secondary N) is 1. The average Bonchev–Trinajstić information content (AvgIpc) is 3.22. The van der Waals surface area contributed by atoms with Crippen LogP contribution in [0.2, 0.25) is 0 Å². The molecule has 1 unspecified atom stereocenters. The van der Waals surface area contributed by atoms with E-state index in [-0.39, 0.29) is 5.91 Å². The third-order valence-corrected chi connectivity index (χ3v) is 5.52. The van der Waals surface area contributed by atoms with Gasteiger partial charge in [0.05, 0.1) is 5.56 Å². The summed E-state index contributed by atoms with van der Waals surface area (Å²) in [7, 11) is 0. The minimum absolute atomic E-state index is 0.0512. The van der Waals surface area contributed by atoms with Gasteiger partial charge in [-0.2, -0.15) is 0 Å². The first kappa shape index (κ1) is 19.5. The predicted octanol–water partition coefficient (Wildman–Crippen LogP) is 2.98. The van der Waals surface area contributed by atoms with E-state index in [9.17, 15) is 4.79 Å². The van der Waals surface area contributed by atoms with Crippen molar-refractivity contribution in [3.8, 4) is 11.5 Å². The van der Waals surface area contributed by atoms with Crippen molar-refractivity contribution in [1.29, 1.82) is 0 Å². The summed E-state index contributed by atoms with van der Waals surface area (Å²) in [6.07, 6.45) is 2.70. The van der Waals surface area contributed by atoms with Crippen LogP contribution in [-0.2, 0) is 6.54 Å². The maximum absolute atomic E-state index is 12.8. The number of ether oxygens (including phenoxy) is 2. The van der Waals surface area contributed by atoms with Gasteiger partial charge in [0.2, 0.25) is 6.79 Å². The number of aromatic nitrogens is 1. The average molecular weight is 396 g/mol. The Labute approximate surface area is 171 Å². The van der Waals surface area contributed by atoms with Crippen LogP contribution in [0.15, 0.2) is 36.5 Å². The number of pyridine rings is 1. The SMILES string of the molecule is CCC(C)Nc1ccc(C(=O)N2CCN(Cc3ccc4c(c3)OCO4)CC2)cn1. The summed E-state index contributed by atoms with van der Waals surface area (Å²) >= 11 is 0. The molecular weight excluding hydrogens is 368 g/mol. The van der Waals surface area contributed by atoms with Crippen LogP contribution in [-0.4, -0.2) is 59.7 Å². The van der Waals surface area contributed by atoms with Crippen LogP contribution in [0.25, 0.3) is 0 Å². The second-order valence-corrected chi connectivity index (χ2v) is 7.64. The molecule has 2 aromatic rings. The molecule has 1 aromatic heterocycles. The summed E-state index contributed by atoms with van der Waals surface area (Å²) in [6.45, 7) is 8.51. The Morgan fingerprint density at radius 1 is 1.14 bits per heavy atom. The van der Waals surface area contributed by atoms with Crippen LogP contribution < -0.4 is 14.8 Å². The van der Waals surface area contributed by atoms with Crippen molar-refractivity contribution >= 4 is 11.7 Å². The van der Waals surface area contributed by atoms with Crippen LogP contribution >= 0.6 is 0 Å². The van der Waals surface area contributed by atoms with Gasteiger partial charge in [-0.15, -0.1) is 0 Å². The number of rotatable bonds is 6. The third-order valence-electron chi connectivity index (χ3n) is 5.52. The number of benzene rings is 1. The van der Waals surface area contributed by atoms with E-state index in [4.69, 9.17) is 9.47 Å². The Hall–Kier alpha value is -2.80. The Morgan fingerprint density at radius 3 is 2.66 bits per heavy atom. The minimum atomic E-state index is 0.0512. The fraction of sp³-hybridized carbons (Fsp3) is 0.455. The lowest BCUT2D eigenvalue weighted by atomic mass is 10.1. The molecule has 1 atom stereocenters. The molecule has 1 fully saturated rings. The summed E-state index contributed by atoms with van der Waals surface area (Å²) in [5.74, 6) is 2.48. The molecule has 154 valence electrons. The summed E-state index contributed by atoms with van der Waals surface area (Å²) < 4.78 is 10.8. The molecule has 4 rings (SSSR count). The molecule has 7 heteroatoms. The molecule has 7 nitrogen and oxygen atoms in total. The highest BCUT2D eigenvalue weighted by atomic mass is 16.7. The number of nitrogens with zero attached hydrogens (tertiary/aromatic N) is 3. The second-order valence-electron chi connectivity index (χ2n) is 7.64. The monoisotopic (exact) mass is 396 g/mol. The second kappa shape index (κ2) is 8.69. The Bertz CT molecular complexity index is 848. The zero-order chi connectivity index (χ0) is 20.2. The van der Waals surface area contributed by atoms with Gasteiger partial charge < -0.3 is 19.7 Å². The molecule has 1 amide bonds. The number of anilines is 1. The quantitative estimate of drug-likeness (QED) is 0.810. The molecule has 3 heterocycles. The zero-order valence-corrected chi connectivity index (χ0v) is 17.1. The molecule has 1 N–H and O–H groups in total. The highest BCUT2D eigenvalue weighted by Crippen LogP contribution is 2.32. The molecule has 0 bridgehead atoms. The van der Waals surface area contributed by atoms with Crippen molar-refractivity contribution < 1.29 is 14.3 Å². The molecule has 0 spiro atoms. The van der Waals surface area contributed by atoms with Crippen molar-refractivity contribution in [3.05, 3.63) is 47.7 Å². The largest absolute Gasteiger partial charge is 0.454 e. The number of carbonyl (C=O) groups excluding carboxylic acids is 1. The van der Waals surface area contributed by atoms with Crippen molar-refractivity contribution in [1.82, 2.24) is 14.8 Å². The minimum Gasteiger partial charge on any atom is -0.454 e. The third kappa shape index (κ3) is 4.62. The first-order valence-electron chi connectivity index (χ1n) is 10.2. The molecular formula is C22H28N4O3. The van der Waals surface area contributed by atoms with E-state index in [1.165, 1.54) is 5.56 Å². The fourth-order valence-electron chi connectivity index (χ4n) is 3.55. The Balaban J connectivity index is 1.29. The van der Waals surface area contributed by atoms with Gasteiger partial charge in [-0.05, 0) is 43.2 Å². The van der Waals surface area contributed by atoms with E-state index in [1.807, 2.05) is 29.2 Å². The number of piperazine rings is 1. The lowest BCUT2D eigenvalue weighted by Gasteiger charge is -2.34. The van der Waals surface area contributed by atoms with E-state index in [0.29, 0.717) is 18.4 Å². The topological polar surface area (TPSA) is 66.9 Å². The lowest BCUT2D eigenvalue weighted by molar-refractivity contribution is 0.0628. The fourth-order valence-corrected chi connectivity index (χ4v) is 3.55. The smallest absolute Gasteiger partial charge is 0.255 e. The number of amides is 1. The van der Waals surface area contributed by atoms with E-state index in [2.05, 4.69) is 35.1 Å². The maximum atomic E-state index is 12.8. The van der Waals surface area contributed by atoms with Crippen molar-refractivity contribution in [2.45, 2.75) is 32.9 Å². The highest BCUT2D eigenvalue weighted by Gasteiger charge is 2.23. The zero-order valence-electron chi connectivity index (χ0n) is 17.1. The van der Waals surface area contributed by atoms with Gasteiger partial charge in [0.15, 0.2) is 11.5 Å². The lowest BCUT2D eigenvalue weighted by Crippen LogP contribution is -2.48. The number of fused-ring (bicyclic) bond motifs is 1. The summed E-state index contributed by atoms with van der Waals surface area (Å²) in [5.41, 5.74) is 1.84. The van der Waals surface area contributed by atoms with Gasteiger partial charge in [0, 0.05) is 45.0 Å². The Morgan fingerprint density at radius 2 is 1.93 bits per heavy atom. The van der Waals surface area contributed by atoms with Crippen molar-refractivity contribution in [2.75, 3.05) is 38.3 Å². The van der Waals surface area contributed by atoms with Gasteiger partial charge in [-0.25, -0.2) is 4.98 Å². The standard InChI is InChI=1S/C22H28N4O3/c1-3-16(2)24-21-7-5-18(13-23-21)22(27)26-10-8-25(9-11-26)14-17-4-6-19-20(12-17)29-15-28-19/h4-7,12-13,16H,3,8-11,14-15H2,1-2H3,(H,23,24). The summed E-state index contributed by atoms with van der Waals surface area (Å²) in [5, 5.41) is 3.32. The summed E-state index contributed by atoms with van der Waals surface area (Å²) in [4.78, 5) is 21.5. The van der Waals surface area contributed by atoms with Gasteiger partial charge in [0.1, 0.15) is 5.82 Å². The Kier molecular flexibility index (Phi) is 5.85. The van der Waals surface area contributed by atoms with Gasteiger partial charge in [-0.3, -0.25) is 9.69 Å². The van der Waals surface area contributed by atoms with Crippen LogP contribution in [0.1, 0.15) is 36.2 Å². The van der Waals surface area contributed by atoms with E-state index >= 15 is 0 Å². The van der Waals surface area contributed by atoms with Crippen molar-refractivity contribution in [2.24, 2.45) is 0 Å². The number of carbonyl (C=O) groups is 1. The number of hydrogen-bond donors (Lipinski definition) is 1. The van der Waals surface area contributed by atoms with E-state index in [1.54, 1.807) is 6.20 Å². The maximum Gasteiger partial charge on any atom is 0.255 e. The summed E-state index contributed by atoms with van der Waals surface area (Å²) in [6, 6.07) is 10.2. The first-order chi connectivity index (χ1) is 14.1. The normalized spacial score (nSPS) is 17.2. The van der Waals surface area contributed by atoms with Gasteiger partial charge in [0.25, 0.3) is 5.91 Å². The molecule has 2 aliphatic rings. The molecule has 2 aliphatic heterocycles. The van der Waals surface area contributed by atoms with E-state index < -0.39 is 0 Å². The molecule has 0 aliphatic carbocycles. The molecule has 1 saturated heterocycles. The molecule has 0 saturated carbocycles.